The number of esters is 1. The second kappa shape index (κ2) is 8.10. The smallest absolute Gasteiger partial charge is 0.339 e. The van der Waals surface area contributed by atoms with Crippen LogP contribution in [0.4, 0.5) is 0 Å². The van der Waals surface area contributed by atoms with Gasteiger partial charge in [-0.05, 0) is 31.0 Å². The number of amides is 3. The number of imide groups is 1. The first-order valence-electron chi connectivity index (χ1n) is 10.0. The Morgan fingerprint density at radius 1 is 0.933 bits per heavy atom. The minimum atomic E-state index is -1.25. The molecule has 2 aliphatic rings. The molecule has 2 aromatic rings. The summed E-state index contributed by atoms with van der Waals surface area (Å²) in [5.41, 5.74) is 6.42. The van der Waals surface area contributed by atoms with Crippen molar-refractivity contribution in [2.24, 2.45) is 5.73 Å². The second-order valence-corrected chi connectivity index (χ2v) is 7.63. The highest BCUT2D eigenvalue weighted by Gasteiger charge is 2.40. The Hall–Kier alpha value is -3.48. The van der Waals surface area contributed by atoms with E-state index in [1.165, 1.54) is 23.1 Å². The van der Waals surface area contributed by atoms with Gasteiger partial charge in [-0.2, -0.15) is 0 Å². The zero-order valence-corrected chi connectivity index (χ0v) is 16.4. The fourth-order valence-electron chi connectivity index (χ4n) is 4.15. The van der Waals surface area contributed by atoms with E-state index >= 15 is 0 Å². The number of nitrogens with zero attached hydrogens (tertiary/aromatic N) is 1. The predicted molar refractivity (Wildman–Crippen MR) is 108 cm³/mol. The standard InChI is InChI=1S/C23H22N2O5/c24-20(26)19(14-7-3-1-4-8-14)30-23(29)15-11-12-17-18(13-15)22(28)25(21(17)27)16-9-5-2-6-10-16/h1,3-4,7-8,11-13,16,19H,2,5-6,9-10H2,(H2,24,26). The molecule has 0 radical (unpaired) electrons. The zero-order chi connectivity index (χ0) is 21.3. The van der Waals surface area contributed by atoms with Crippen LogP contribution >= 0.6 is 0 Å². The predicted octanol–water partition coefficient (Wildman–Crippen LogP) is 3.00. The summed E-state index contributed by atoms with van der Waals surface area (Å²) in [6.07, 6.45) is 3.45. The molecule has 7 heteroatoms. The Morgan fingerprint density at radius 2 is 1.60 bits per heavy atom. The molecule has 3 amide bonds. The van der Waals surface area contributed by atoms with Crippen LogP contribution in [0.25, 0.3) is 0 Å². The summed E-state index contributed by atoms with van der Waals surface area (Å²) in [5, 5.41) is 0. The van der Waals surface area contributed by atoms with Crippen LogP contribution in [0.5, 0.6) is 0 Å². The number of carbonyl (C=O) groups excluding carboxylic acids is 4. The Morgan fingerprint density at radius 3 is 2.27 bits per heavy atom. The van der Waals surface area contributed by atoms with E-state index in [1.807, 2.05) is 0 Å². The molecule has 1 unspecified atom stereocenters. The first-order valence-corrected chi connectivity index (χ1v) is 10.0. The molecule has 30 heavy (non-hydrogen) atoms. The van der Waals surface area contributed by atoms with Gasteiger partial charge in [0.15, 0.2) is 0 Å². The molecule has 2 N–H and O–H groups in total. The van der Waals surface area contributed by atoms with Gasteiger partial charge in [0.2, 0.25) is 6.10 Å². The monoisotopic (exact) mass is 406 g/mol. The van der Waals surface area contributed by atoms with Crippen molar-refractivity contribution in [1.29, 1.82) is 0 Å². The normalized spacial score (nSPS) is 17.5. The summed E-state index contributed by atoms with van der Waals surface area (Å²) < 4.78 is 5.33. The maximum atomic E-state index is 12.9. The summed E-state index contributed by atoms with van der Waals surface area (Å²) in [6, 6.07) is 12.6. The van der Waals surface area contributed by atoms with Crippen molar-refractivity contribution in [3.63, 3.8) is 0 Å². The fourth-order valence-corrected chi connectivity index (χ4v) is 4.15. The van der Waals surface area contributed by atoms with E-state index in [9.17, 15) is 19.2 Å². The molecule has 7 nitrogen and oxygen atoms in total. The molecule has 1 heterocycles. The number of primary amides is 1. The number of hydrogen-bond acceptors (Lipinski definition) is 5. The number of ether oxygens (including phenoxy) is 1. The van der Waals surface area contributed by atoms with Gasteiger partial charge in [0.25, 0.3) is 17.7 Å². The molecule has 0 aromatic heterocycles. The van der Waals surface area contributed by atoms with Gasteiger partial charge >= 0.3 is 5.97 Å². The average Bonchev–Trinajstić information content (AvgIpc) is 3.02. The third-order valence-corrected chi connectivity index (χ3v) is 5.68. The van der Waals surface area contributed by atoms with Crippen LogP contribution in [-0.2, 0) is 9.53 Å². The van der Waals surface area contributed by atoms with E-state index in [1.54, 1.807) is 30.3 Å². The fraction of sp³-hybridized carbons (Fsp3) is 0.304. The number of fused-ring (bicyclic) bond motifs is 1. The number of hydrogen-bond donors (Lipinski definition) is 1. The summed E-state index contributed by atoms with van der Waals surface area (Å²) >= 11 is 0. The number of nitrogens with two attached hydrogens (primary N) is 1. The third kappa shape index (κ3) is 3.58. The van der Waals surface area contributed by atoms with Gasteiger partial charge in [0, 0.05) is 11.6 Å². The Balaban J connectivity index is 1.57. The Bertz CT molecular complexity index is 1010. The Labute approximate surface area is 173 Å². The summed E-state index contributed by atoms with van der Waals surface area (Å²) in [6.45, 7) is 0. The van der Waals surface area contributed by atoms with Crippen LogP contribution in [-0.4, -0.2) is 34.6 Å². The molecule has 1 atom stereocenters. The number of rotatable bonds is 5. The van der Waals surface area contributed by atoms with Gasteiger partial charge in [0.1, 0.15) is 0 Å². The van der Waals surface area contributed by atoms with Crippen molar-refractivity contribution in [1.82, 2.24) is 4.90 Å². The molecular formula is C23H22N2O5. The highest BCUT2D eigenvalue weighted by molar-refractivity contribution is 6.22. The summed E-state index contributed by atoms with van der Waals surface area (Å²) in [5.74, 6) is -2.29. The third-order valence-electron chi connectivity index (χ3n) is 5.68. The molecule has 4 rings (SSSR count). The summed E-state index contributed by atoms with van der Waals surface area (Å²) in [7, 11) is 0. The van der Waals surface area contributed by atoms with Crippen molar-refractivity contribution in [3.8, 4) is 0 Å². The number of carbonyl (C=O) groups is 4. The molecule has 1 aliphatic heterocycles. The van der Waals surface area contributed by atoms with Crippen LogP contribution < -0.4 is 5.73 Å². The van der Waals surface area contributed by atoms with Crippen molar-refractivity contribution < 1.29 is 23.9 Å². The number of benzene rings is 2. The molecule has 1 saturated carbocycles. The quantitative estimate of drug-likeness (QED) is 0.607. The molecule has 0 saturated heterocycles. The summed E-state index contributed by atoms with van der Waals surface area (Å²) in [4.78, 5) is 51.5. The van der Waals surface area contributed by atoms with Gasteiger partial charge in [-0.3, -0.25) is 19.3 Å². The van der Waals surface area contributed by atoms with Crippen molar-refractivity contribution in [2.45, 2.75) is 44.2 Å². The topological polar surface area (TPSA) is 107 Å². The van der Waals surface area contributed by atoms with Crippen molar-refractivity contribution in [2.75, 3.05) is 0 Å². The van der Waals surface area contributed by atoms with Gasteiger partial charge in [-0.1, -0.05) is 49.6 Å². The van der Waals surface area contributed by atoms with Crippen LogP contribution in [0.2, 0.25) is 0 Å². The maximum Gasteiger partial charge on any atom is 0.339 e. The lowest BCUT2D eigenvalue weighted by Crippen LogP contribution is -2.40. The molecule has 0 bridgehead atoms. The van der Waals surface area contributed by atoms with Crippen LogP contribution in [0.15, 0.2) is 48.5 Å². The van der Waals surface area contributed by atoms with E-state index in [-0.39, 0.29) is 34.5 Å². The highest BCUT2D eigenvalue weighted by Crippen LogP contribution is 2.32. The van der Waals surface area contributed by atoms with Gasteiger partial charge in [0.05, 0.1) is 16.7 Å². The Kier molecular flexibility index (Phi) is 5.35. The molecule has 1 aliphatic carbocycles. The second-order valence-electron chi connectivity index (χ2n) is 7.63. The van der Waals surface area contributed by atoms with E-state index < -0.39 is 18.0 Å². The van der Waals surface area contributed by atoms with Gasteiger partial charge in [-0.15, -0.1) is 0 Å². The minimum Gasteiger partial charge on any atom is -0.444 e. The van der Waals surface area contributed by atoms with Crippen molar-refractivity contribution >= 4 is 23.7 Å². The van der Waals surface area contributed by atoms with E-state index in [0.29, 0.717) is 5.56 Å². The molecule has 1 fully saturated rings. The van der Waals surface area contributed by atoms with Crippen LogP contribution in [0, 0.1) is 0 Å². The average molecular weight is 406 g/mol. The van der Waals surface area contributed by atoms with Crippen LogP contribution in [0.3, 0.4) is 0 Å². The lowest BCUT2D eigenvalue weighted by Gasteiger charge is -2.29. The van der Waals surface area contributed by atoms with Crippen molar-refractivity contribution in [3.05, 3.63) is 70.8 Å². The lowest BCUT2D eigenvalue weighted by molar-refractivity contribution is -0.127. The molecule has 154 valence electrons. The SMILES string of the molecule is NC(=O)C(OC(=O)c1ccc2c(c1)C(=O)N(C1CCCCC1)C2=O)c1ccccc1. The van der Waals surface area contributed by atoms with Crippen LogP contribution in [0.1, 0.15) is 74.8 Å². The minimum absolute atomic E-state index is 0.0857. The lowest BCUT2D eigenvalue weighted by atomic mass is 9.94. The largest absolute Gasteiger partial charge is 0.444 e. The molecular weight excluding hydrogens is 384 g/mol. The molecule has 0 spiro atoms. The first kappa shape index (κ1) is 19.8. The van der Waals surface area contributed by atoms with Gasteiger partial charge in [-0.25, -0.2) is 4.79 Å². The highest BCUT2D eigenvalue weighted by atomic mass is 16.5. The molecule has 2 aromatic carbocycles. The first-order chi connectivity index (χ1) is 14.5. The zero-order valence-electron chi connectivity index (χ0n) is 16.4. The van der Waals surface area contributed by atoms with E-state index in [4.69, 9.17) is 10.5 Å². The maximum absolute atomic E-state index is 12.9. The van der Waals surface area contributed by atoms with E-state index in [2.05, 4.69) is 0 Å². The van der Waals surface area contributed by atoms with Gasteiger partial charge < -0.3 is 10.5 Å². The van der Waals surface area contributed by atoms with E-state index in [0.717, 1.165) is 32.1 Å².